The minimum atomic E-state index is -0.378. The smallest absolute Gasteiger partial charge is 0.274 e. The zero-order valence-electron chi connectivity index (χ0n) is 11.0. The van der Waals surface area contributed by atoms with Crippen LogP contribution in [0.15, 0.2) is 24.3 Å². The van der Waals surface area contributed by atoms with Crippen LogP contribution in [-0.4, -0.2) is 22.7 Å². The van der Waals surface area contributed by atoms with E-state index in [-0.39, 0.29) is 35.2 Å². The van der Waals surface area contributed by atoms with Gasteiger partial charge in [-0.1, -0.05) is 32.0 Å². The molecule has 18 heavy (non-hydrogen) atoms. The Bertz CT molecular complexity index is 407. The maximum absolute atomic E-state index is 10.9. The lowest BCUT2D eigenvalue weighted by Gasteiger charge is -2.24. The molecule has 0 aliphatic heterocycles. The summed E-state index contributed by atoms with van der Waals surface area (Å²) < 4.78 is 0. The van der Waals surface area contributed by atoms with E-state index in [4.69, 9.17) is 0 Å². The Morgan fingerprint density at radius 2 is 1.94 bits per heavy atom. The van der Waals surface area contributed by atoms with Crippen molar-refractivity contribution in [1.29, 1.82) is 0 Å². The number of rotatable bonds is 6. The first-order valence-electron chi connectivity index (χ1n) is 6.07. The van der Waals surface area contributed by atoms with E-state index in [9.17, 15) is 15.2 Å². The normalized spacial score (nSPS) is 14.5. The maximum atomic E-state index is 10.9. The Labute approximate surface area is 107 Å². The summed E-state index contributed by atoms with van der Waals surface area (Å²) in [5.41, 5.74) is 0.750. The van der Waals surface area contributed by atoms with E-state index in [2.05, 4.69) is 5.32 Å². The predicted molar refractivity (Wildman–Crippen MR) is 70.4 cm³/mol. The van der Waals surface area contributed by atoms with Gasteiger partial charge >= 0.3 is 0 Å². The molecular weight excluding hydrogens is 232 g/mol. The van der Waals surface area contributed by atoms with Crippen molar-refractivity contribution in [3.63, 3.8) is 0 Å². The van der Waals surface area contributed by atoms with Crippen molar-refractivity contribution in [3.8, 4) is 0 Å². The lowest BCUT2D eigenvalue weighted by atomic mass is 10.0. The quantitative estimate of drug-likeness (QED) is 0.601. The SMILES string of the molecule is CC(N[C@H](CO)C(C)C)c1ccccc1[N+](=O)[O-]. The van der Waals surface area contributed by atoms with Gasteiger partial charge in [-0.05, 0) is 12.8 Å². The number of aliphatic hydroxyl groups excluding tert-OH is 1. The van der Waals surface area contributed by atoms with Gasteiger partial charge in [0, 0.05) is 23.7 Å². The first kappa shape index (κ1) is 14.6. The monoisotopic (exact) mass is 252 g/mol. The summed E-state index contributed by atoms with van der Waals surface area (Å²) in [6.07, 6.45) is 0. The Morgan fingerprint density at radius 3 is 2.44 bits per heavy atom. The number of aliphatic hydroxyl groups is 1. The number of nitrogens with zero attached hydrogens (tertiary/aromatic N) is 1. The minimum absolute atomic E-state index is 0.0165. The average molecular weight is 252 g/mol. The highest BCUT2D eigenvalue weighted by Crippen LogP contribution is 2.25. The topological polar surface area (TPSA) is 75.4 Å². The number of hydrogen-bond donors (Lipinski definition) is 2. The van der Waals surface area contributed by atoms with Crippen molar-refractivity contribution in [2.75, 3.05) is 6.61 Å². The van der Waals surface area contributed by atoms with Gasteiger partial charge in [0.1, 0.15) is 0 Å². The van der Waals surface area contributed by atoms with Crippen LogP contribution in [0.5, 0.6) is 0 Å². The third kappa shape index (κ3) is 3.51. The number of nitrogens with one attached hydrogen (secondary N) is 1. The molecule has 0 spiro atoms. The van der Waals surface area contributed by atoms with E-state index in [1.807, 2.05) is 20.8 Å². The average Bonchev–Trinajstić information content (AvgIpc) is 2.35. The molecule has 0 aliphatic carbocycles. The van der Waals surface area contributed by atoms with Crippen molar-refractivity contribution >= 4 is 5.69 Å². The lowest BCUT2D eigenvalue weighted by molar-refractivity contribution is -0.385. The second kappa shape index (κ2) is 6.47. The Kier molecular flexibility index (Phi) is 5.25. The molecule has 1 rings (SSSR count). The molecule has 5 nitrogen and oxygen atoms in total. The van der Waals surface area contributed by atoms with Gasteiger partial charge in [-0.25, -0.2) is 0 Å². The molecule has 1 aromatic rings. The highest BCUT2D eigenvalue weighted by Gasteiger charge is 2.21. The van der Waals surface area contributed by atoms with E-state index in [0.29, 0.717) is 5.56 Å². The van der Waals surface area contributed by atoms with Crippen LogP contribution in [0.2, 0.25) is 0 Å². The Morgan fingerprint density at radius 1 is 1.33 bits per heavy atom. The van der Waals surface area contributed by atoms with E-state index in [0.717, 1.165) is 0 Å². The molecule has 1 unspecified atom stereocenters. The van der Waals surface area contributed by atoms with Crippen LogP contribution in [0, 0.1) is 16.0 Å². The molecule has 2 atom stereocenters. The molecule has 0 saturated carbocycles. The van der Waals surface area contributed by atoms with E-state index < -0.39 is 0 Å². The van der Waals surface area contributed by atoms with Crippen LogP contribution >= 0.6 is 0 Å². The first-order valence-corrected chi connectivity index (χ1v) is 6.07. The van der Waals surface area contributed by atoms with Crippen LogP contribution in [-0.2, 0) is 0 Å². The number of hydrogen-bond acceptors (Lipinski definition) is 4. The van der Waals surface area contributed by atoms with Gasteiger partial charge < -0.3 is 10.4 Å². The number of nitro benzene ring substituents is 1. The Hall–Kier alpha value is -1.46. The molecule has 2 N–H and O–H groups in total. The van der Waals surface area contributed by atoms with Crippen LogP contribution in [0.3, 0.4) is 0 Å². The second-order valence-electron chi connectivity index (χ2n) is 4.74. The van der Waals surface area contributed by atoms with Gasteiger partial charge in [0.05, 0.1) is 11.5 Å². The molecule has 0 aromatic heterocycles. The third-order valence-corrected chi connectivity index (χ3v) is 3.07. The fourth-order valence-electron chi connectivity index (χ4n) is 1.89. The number of nitro groups is 1. The predicted octanol–water partition coefficient (Wildman–Crippen LogP) is 2.26. The van der Waals surface area contributed by atoms with Crippen LogP contribution in [0.1, 0.15) is 32.4 Å². The summed E-state index contributed by atoms with van der Waals surface area (Å²) in [6, 6.07) is 6.43. The van der Waals surface area contributed by atoms with Gasteiger partial charge in [-0.3, -0.25) is 10.1 Å². The zero-order valence-corrected chi connectivity index (χ0v) is 11.0. The summed E-state index contributed by atoms with van der Waals surface area (Å²) in [4.78, 5) is 10.6. The molecule has 1 aromatic carbocycles. The highest BCUT2D eigenvalue weighted by atomic mass is 16.6. The zero-order chi connectivity index (χ0) is 13.7. The van der Waals surface area contributed by atoms with Gasteiger partial charge in [0.25, 0.3) is 5.69 Å². The van der Waals surface area contributed by atoms with E-state index in [1.165, 1.54) is 6.07 Å². The standard InChI is InChI=1S/C13H20N2O3/c1-9(2)12(8-16)14-10(3)11-6-4-5-7-13(11)15(17)18/h4-7,9-10,12,14,16H,8H2,1-3H3/t10?,12-/m1/s1. The van der Waals surface area contributed by atoms with Crippen molar-refractivity contribution in [2.45, 2.75) is 32.9 Å². The maximum Gasteiger partial charge on any atom is 0.274 e. The fraction of sp³-hybridized carbons (Fsp3) is 0.538. The van der Waals surface area contributed by atoms with Crippen LogP contribution in [0.4, 0.5) is 5.69 Å². The van der Waals surface area contributed by atoms with E-state index >= 15 is 0 Å². The first-order chi connectivity index (χ1) is 8.47. The molecule has 5 heteroatoms. The summed E-state index contributed by atoms with van der Waals surface area (Å²) >= 11 is 0. The molecule has 0 aliphatic rings. The van der Waals surface area contributed by atoms with Crippen LogP contribution in [0.25, 0.3) is 0 Å². The van der Waals surface area contributed by atoms with Gasteiger partial charge in [0.15, 0.2) is 0 Å². The molecule has 0 heterocycles. The molecular formula is C13H20N2O3. The fourth-order valence-corrected chi connectivity index (χ4v) is 1.89. The molecule has 0 radical (unpaired) electrons. The summed E-state index contributed by atoms with van der Waals surface area (Å²) in [5, 5.41) is 23.4. The summed E-state index contributed by atoms with van der Waals surface area (Å²) in [6.45, 7) is 5.88. The van der Waals surface area contributed by atoms with Crippen molar-refractivity contribution < 1.29 is 10.0 Å². The van der Waals surface area contributed by atoms with Crippen LogP contribution < -0.4 is 5.32 Å². The summed E-state index contributed by atoms with van der Waals surface area (Å²) in [7, 11) is 0. The highest BCUT2D eigenvalue weighted by molar-refractivity contribution is 5.41. The Balaban J connectivity index is 2.90. The third-order valence-electron chi connectivity index (χ3n) is 3.07. The molecule has 100 valence electrons. The second-order valence-corrected chi connectivity index (χ2v) is 4.74. The van der Waals surface area contributed by atoms with Crippen molar-refractivity contribution in [1.82, 2.24) is 5.32 Å². The number of para-hydroxylation sites is 1. The minimum Gasteiger partial charge on any atom is -0.395 e. The van der Waals surface area contributed by atoms with Crippen molar-refractivity contribution in [3.05, 3.63) is 39.9 Å². The van der Waals surface area contributed by atoms with Gasteiger partial charge in [-0.15, -0.1) is 0 Å². The molecule has 0 amide bonds. The largest absolute Gasteiger partial charge is 0.395 e. The van der Waals surface area contributed by atoms with Crippen molar-refractivity contribution in [2.24, 2.45) is 5.92 Å². The number of benzene rings is 1. The van der Waals surface area contributed by atoms with E-state index in [1.54, 1.807) is 18.2 Å². The van der Waals surface area contributed by atoms with Gasteiger partial charge in [-0.2, -0.15) is 0 Å². The molecule has 0 bridgehead atoms. The van der Waals surface area contributed by atoms with Gasteiger partial charge in [0.2, 0.25) is 0 Å². The lowest BCUT2D eigenvalue weighted by Crippen LogP contribution is -2.38. The molecule has 0 fully saturated rings. The summed E-state index contributed by atoms with van der Waals surface area (Å²) in [5.74, 6) is 0.264. The molecule has 0 saturated heterocycles.